The molecule has 0 aliphatic heterocycles. The van der Waals surface area contributed by atoms with Crippen molar-refractivity contribution in [1.82, 2.24) is 10.6 Å². The predicted octanol–water partition coefficient (Wildman–Crippen LogP) is 2.58. The maximum atomic E-state index is 12.3. The van der Waals surface area contributed by atoms with E-state index in [1.807, 2.05) is 30.3 Å². The average molecular weight is 370 g/mol. The number of aliphatic carboxylic acids is 1. The molecule has 3 N–H and O–H groups in total. The van der Waals surface area contributed by atoms with Crippen LogP contribution in [0.25, 0.3) is 0 Å². The van der Waals surface area contributed by atoms with E-state index in [0.717, 1.165) is 0 Å². The molecule has 0 spiro atoms. The highest BCUT2D eigenvalue weighted by Crippen LogP contribution is 2.21. The Morgan fingerprint density at radius 2 is 1.74 bits per heavy atom. The van der Waals surface area contributed by atoms with Crippen LogP contribution >= 0.6 is 0 Å². The molecular weight excluding hydrogens is 348 g/mol. The Morgan fingerprint density at radius 1 is 1.04 bits per heavy atom. The number of benzene rings is 2. The molecule has 2 aromatic carbocycles. The molecule has 0 aliphatic carbocycles. The monoisotopic (exact) mass is 370 g/mol. The molecule has 142 valence electrons. The van der Waals surface area contributed by atoms with Crippen molar-refractivity contribution in [2.24, 2.45) is 0 Å². The Hall–Kier alpha value is -3.35. The first kappa shape index (κ1) is 20.0. The van der Waals surface area contributed by atoms with Gasteiger partial charge in [-0.3, -0.25) is 9.59 Å². The zero-order chi connectivity index (χ0) is 19.6. The van der Waals surface area contributed by atoms with Crippen molar-refractivity contribution in [3.8, 4) is 11.5 Å². The molecule has 0 bridgehead atoms. The summed E-state index contributed by atoms with van der Waals surface area (Å²) in [7, 11) is 0. The SMILES string of the molecule is CC(=O)N[C@@H](CCCNC(=O)c1cccc(Oc2ccccc2)c1)C(=O)O. The molecule has 0 aromatic heterocycles. The van der Waals surface area contributed by atoms with E-state index in [1.54, 1.807) is 24.3 Å². The Balaban J connectivity index is 1.84. The average Bonchev–Trinajstić information content (AvgIpc) is 2.64. The Bertz CT molecular complexity index is 792. The zero-order valence-corrected chi connectivity index (χ0v) is 15.0. The molecule has 0 saturated heterocycles. The van der Waals surface area contributed by atoms with E-state index in [1.165, 1.54) is 6.92 Å². The van der Waals surface area contributed by atoms with E-state index in [4.69, 9.17) is 9.84 Å². The van der Waals surface area contributed by atoms with E-state index < -0.39 is 17.9 Å². The molecule has 7 heteroatoms. The summed E-state index contributed by atoms with van der Waals surface area (Å²) in [6.45, 7) is 1.56. The Labute approximate surface area is 157 Å². The lowest BCUT2D eigenvalue weighted by Gasteiger charge is -2.13. The van der Waals surface area contributed by atoms with Crippen LogP contribution in [0.3, 0.4) is 0 Å². The van der Waals surface area contributed by atoms with E-state index in [9.17, 15) is 14.4 Å². The van der Waals surface area contributed by atoms with Gasteiger partial charge in [-0.1, -0.05) is 24.3 Å². The topological polar surface area (TPSA) is 105 Å². The third-order valence-corrected chi connectivity index (χ3v) is 3.71. The lowest BCUT2D eigenvalue weighted by atomic mass is 10.1. The lowest BCUT2D eigenvalue weighted by molar-refractivity contribution is -0.141. The summed E-state index contributed by atoms with van der Waals surface area (Å²) in [6.07, 6.45) is 0.648. The minimum absolute atomic E-state index is 0.229. The van der Waals surface area contributed by atoms with Crippen LogP contribution in [0.1, 0.15) is 30.1 Å². The maximum absolute atomic E-state index is 12.3. The quantitative estimate of drug-likeness (QED) is 0.589. The Morgan fingerprint density at radius 3 is 2.41 bits per heavy atom. The molecule has 7 nitrogen and oxygen atoms in total. The number of nitrogens with one attached hydrogen (secondary N) is 2. The normalized spacial score (nSPS) is 11.3. The van der Waals surface area contributed by atoms with Crippen molar-refractivity contribution in [2.75, 3.05) is 6.54 Å². The summed E-state index contributed by atoms with van der Waals surface area (Å²) in [4.78, 5) is 34.3. The summed E-state index contributed by atoms with van der Waals surface area (Å²) in [5, 5.41) is 14.1. The molecule has 0 heterocycles. The van der Waals surface area contributed by atoms with Crippen LogP contribution in [-0.2, 0) is 9.59 Å². The number of carboxylic acids is 1. The molecule has 27 heavy (non-hydrogen) atoms. The highest BCUT2D eigenvalue weighted by atomic mass is 16.5. The van der Waals surface area contributed by atoms with Crippen LogP contribution in [-0.4, -0.2) is 35.5 Å². The summed E-state index contributed by atoms with van der Waals surface area (Å²) in [5.74, 6) is -0.554. The number of rotatable bonds is 9. The van der Waals surface area contributed by atoms with Gasteiger partial charge in [-0.15, -0.1) is 0 Å². The van der Waals surface area contributed by atoms with Crippen LogP contribution in [0.4, 0.5) is 0 Å². The fraction of sp³-hybridized carbons (Fsp3) is 0.250. The van der Waals surface area contributed by atoms with Crippen LogP contribution < -0.4 is 15.4 Å². The van der Waals surface area contributed by atoms with Crippen LogP contribution in [0, 0.1) is 0 Å². The third kappa shape index (κ3) is 6.81. The van der Waals surface area contributed by atoms with Gasteiger partial charge in [0.2, 0.25) is 5.91 Å². The van der Waals surface area contributed by atoms with Gasteiger partial charge in [-0.05, 0) is 43.2 Å². The molecule has 2 amide bonds. The number of hydrogen-bond donors (Lipinski definition) is 3. The number of hydrogen-bond acceptors (Lipinski definition) is 4. The maximum Gasteiger partial charge on any atom is 0.326 e. The zero-order valence-electron chi connectivity index (χ0n) is 15.0. The molecule has 0 fully saturated rings. The first-order valence-electron chi connectivity index (χ1n) is 8.57. The summed E-state index contributed by atoms with van der Waals surface area (Å²) in [6, 6.07) is 15.1. The molecule has 2 rings (SSSR count). The van der Waals surface area contributed by atoms with Gasteiger partial charge < -0.3 is 20.5 Å². The molecule has 0 saturated carbocycles. The van der Waals surface area contributed by atoms with Crippen molar-refractivity contribution in [3.63, 3.8) is 0 Å². The molecule has 1 atom stereocenters. The molecular formula is C20H22N2O5. The first-order chi connectivity index (χ1) is 13.0. The predicted molar refractivity (Wildman–Crippen MR) is 99.8 cm³/mol. The van der Waals surface area contributed by atoms with Crippen molar-refractivity contribution >= 4 is 17.8 Å². The van der Waals surface area contributed by atoms with Crippen molar-refractivity contribution in [2.45, 2.75) is 25.8 Å². The lowest BCUT2D eigenvalue weighted by Crippen LogP contribution is -2.40. The van der Waals surface area contributed by atoms with Gasteiger partial charge in [-0.2, -0.15) is 0 Å². The number of carboxylic acid groups (broad SMARTS) is 1. The summed E-state index contributed by atoms with van der Waals surface area (Å²) >= 11 is 0. The second kappa shape index (κ2) is 9.96. The smallest absolute Gasteiger partial charge is 0.326 e. The van der Waals surface area contributed by atoms with Gasteiger partial charge in [0.1, 0.15) is 17.5 Å². The molecule has 0 unspecified atom stereocenters. The van der Waals surface area contributed by atoms with Crippen molar-refractivity contribution in [3.05, 3.63) is 60.2 Å². The number of para-hydroxylation sites is 1. The van der Waals surface area contributed by atoms with Gasteiger partial charge in [0.25, 0.3) is 5.91 Å². The van der Waals surface area contributed by atoms with Crippen molar-refractivity contribution in [1.29, 1.82) is 0 Å². The molecule has 0 aliphatic rings. The first-order valence-corrected chi connectivity index (χ1v) is 8.57. The highest BCUT2D eigenvalue weighted by molar-refractivity contribution is 5.94. The number of carbonyl (C=O) groups excluding carboxylic acids is 2. The second-order valence-corrected chi connectivity index (χ2v) is 5.93. The van der Waals surface area contributed by atoms with Crippen LogP contribution in [0.5, 0.6) is 11.5 Å². The van der Waals surface area contributed by atoms with Gasteiger partial charge in [0, 0.05) is 19.0 Å². The fourth-order valence-electron chi connectivity index (χ4n) is 2.44. The molecule has 2 aromatic rings. The van der Waals surface area contributed by atoms with Gasteiger partial charge in [0.15, 0.2) is 0 Å². The fourth-order valence-corrected chi connectivity index (χ4v) is 2.44. The summed E-state index contributed by atoms with van der Waals surface area (Å²) < 4.78 is 5.70. The van der Waals surface area contributed by atoms with Crippen molar-refractivity contribution < 1.29 is 24.2 Å². The number of amides is 2. The van der Waals surface area contributed by atoms with E-state index in [-0.39, 0.29) is 12.3 Å². The Kier molecular flexibility index (Phi) is 7.37. The number of carbonyl (C=O) groups is 3. The van der Waals surface area contributed by atoms with E-state index in [0.29, 0.717) is 30.0 Å². The minimum Gasteiger partial charge on any atom is -0.480 e. The summed E-state index contributed by atoms with van der Waals surface area (Å²) in [5.41, 5.74) is 0.445. The van der Waals surface area contributed by atoms with E-state index >= 15 is 0 Å². The van der Waals surface area contributed by atoms with Crippen LogP contribution in [0.15, 0.2) is 54.6 Å². The largest absolute Gasteiger partial charge is 0.480 e. The third-order valence-electron chi connectivity index (χ3n) is 3.71. The number of ether oxygens (including phenoxy) is 1. The standard InChI is InChI=1S/C20H22N2O5/c1-14(23)22-18(20(25)26)11-6-12-21-19(24)15-7-5-10-17(13-15)27-16-8-3-2-4-9-16/h2-5,7-10,13,18H,6,11-12H2,1H3,(H,21,24)(H,22,23)(H,25,26)/t18-/m0/s1. The van der Waals surface area contributed by atoms with Gasteiger partial charge in [-0.25, -0.2) is 4.79 Å². The van der Waals surface area contributed by atoms with Crippen LogP contribution in [0.2, 0.25) is 0 Å². The van der Waals surface area contributed by atoms with E-state index in [2.05, 4.69) is 10.6 Å². The second-order valence-electron chi connectivity index (χ2n) is 5.93. The van der Waals surface area contributed by atoms with Gasteiger partial charge >= 0.3 is 5.97 Å². The molecule has 0 radical (unpaired) electrons. The van der Waals surface area contributed by atoms with Gasteiger partial charge in [0.05, 0.1) is 0 Å². The highest BCUT2D eigenvalue weighted by Gasteiger charge is 2.17. The minimum atomic E-state index is -1.10.